The lowest BCUT2D eigenvalue weighted by Gasteiger charge is -2.21. The molecule has 10 nitrogen and oxygen atoms in total. The van der Waals surface area contributed by atoms with Crippen LogP contribution in [0.15, 0.2) is 55.0 Å². The quantitative estimate of drug-likeness (QED) is 0.473. The molecule has 1 saturated heterocycles. The first kappa shape index (κ1) is 24.2. The van der Waals surface area contributed by atoms with Gasteiger partial charge in [-0.3, -0.25) is 19.1 Å². The zero-order valence-corrected chi connectivity index (χ0v) is 20.4. The number of nitrogens with one attached hydrogen (secondary N) is 1. The molecule has 1 aliphatic carbocycles. The van der Waals surface area contributed by atoms with Crippen molar-refractivity contribution in [1.82, 2.24) is 14.8 Å². The number of carbonyl (C=O) groups excluding carboxylic acids is 3. The van der Waals surface area contributed by atoms with E-state index in [2.05, 4.69) is 26.2 Å². The first-order valence-electron chi connectivity index (χ1n) is 12.1. The van der Waals surface area contributed by atoms with E-state index in [4.69, 9.17) is 0 Å². The van der Waals surface area contributed by atoms with E-state index in [-0.39, 0.29) is 36.7 Å². The molecular formula is C27H26N6O4. The largest absolute Gasteiger partial charge is 0.468 e. The van der Waals surface area contributed by atoms with Crippen LogP contribution in [0.5, 0.6) is 0 Å². The Morgan fingerprint density at radius 2 is 2.08 bits per heavy atom. The zero-order chi connectivity index (χ0) is 26.0. The highest BCUT2D eigenvalue weighted by Crippen LogP contribution is 2.51. The van der Waals surface area contributed by atoms with Crippen LogP contribution in [0.1, 0.15) is 24.8 Å². The van der Waals surface area contributed by atoms with Gasteiger partial charge in [0.15, 0.2) is 0 Å². The Morgan fingerprint density at radius 1 is 1.24 bits per heavy atom. The lowest BCUT2D eigenvalue weighted by molar-refractivity contribution is -0.141. The number of aromatic nitrogens is 3. The van der Waals surface area contributed by atoms with Gasteiger partial charge < -0.3 is 15.0 Å². The van der Waals surface area contributed by atoms with Gasteiger partial charge in [0, 0.05) is 36.3 Å². The number of nitrogens with zero attached hydrogens (tertiary/aromatic N) is 5. The Balaban J connectivity index is 1.24. The molecule has 0 radical (unpaired) electrons. The normalized spacial score (nSPS) is 18.9. The zero-order valence-electron chi connectivity index (χ0n) is 20.4. The van der Waals surface area contributed by atoms with Crippen molar-refractivity contribution in [1.29, 1.82) is 5.26 Å². The minimum absolute atomic E-state index is 0.0196. The number of amides is 2. The second-order valence-corrected chi connectivity index (χ2v) is 9.39. The molecule has 188 valence electrons. The highest BCUT2D eigenvalue weighted by atomic mass is 16.5. The number of carbonyl (C=O) groups is 3. The van der Waals surface area contributed by atoms with Gasteiger partial charge in [-0.25, -0.2) is 4.98 Å². The molecule has 37 heavy (non-hydrogen) atoms. The Morgan fingerprint density at radius 3 is 2.84 bits per heavy atom. The summed E-state index contributed by atoms with van der Waals surface area (Å²) in [5.74, 6) is -0.308. The molecule has 3 heterocycles. The average Bonchev–Trinajstić information content (AvgIpc) is 3.56. The lowest BCUT2D eigenvalue weighted by atomic mass is 9.83. The topological polar surface area (TPSA) is 130 Å². The van der Waals surface area contributed by atoms with Crippen LogP contribution in [-0.4, -0.2) is 46.2 Å². The van der Waals surface area contributed by atoms with Gasteiger partial charge in [-0.15, -0.1) is 0 Å². The van der Waals surface area contributed by atoms with E-state index in [0.29, 0.717) is 24.5 Å². The third kappa shape index (κ3) is 4.93. The molecule has 2 amide bonds. The van der Waals surface area contributed by atoms with E-state index >= 15 is 0 Å². The summed E-state index contributed by atoms with van der Waals surface area (Å²) >= 11 is 0. The maximum Gasteiger partial charge on any atom is 0.327 e. The van der Waals surface area contributed by atoms with E-state index < -0.39 is 5.41 Å². The van der Waals surface area contributed by atoms with E-state index in [1.807, 2.05) is 24.3 Å². The summed E-state index contributed by atoms with van der Waals surface area (Å²) in [6.45, 7) is 0.495. The van der Waals surface area contributed by atoms with Gasteiger partial charge in [0.05, 0.1) is 25.8 Å². The molecule has 0 bridgehead atoms. The molecule has 2 aliphatic rings. The summed E-state index contributed by atoms with van der Waals surface area (Å²) in [7, 11) is 1.33. The van der Waals surface area contributed by atoms with E-state index in [1.54, 1.807) is 35.6 Å². The van der Waals surface area contributed by atoms with E-state index in [9.17, 15) is 19.6 Å². The van der Waals surface area contributed by atoms with Crippen LogP contribution < -0.4 is 10.2 Å². The van der Waals surface area contributed by atoms with Crippen LogP contribution in [0.4, 0.5) is 11.5 Å². The molecule has 1 saturated carbocycles. The van der Waals surface area contributed by atoms with Crippen LogP contribution in [0.25, 0.3) is 11.1 Å². The summed E-state index contributed by atoms with van der Waals surface area (Å²) in [6.07, 6.45) is 7.43. The van der Waals surface area contributed by atoms with Gasteiger partial charge in [-0.05, 0) is 42.4 Å². The number of methoxy groups -OCH3 is 1. The lowest BCUT2D eigenvalue weighted by Crippen LogP contribution is -2.35. The predicted octanol–water partition coefficient (Wildman–Crippen LogP) is 2.96. The minimum Gasteiger partial charge on any atom is -0.468 e. The van der Waals surface area contributed by atoms with Crippen LogP contribution in [0, 0.1) is 22.7 Å². The van der Waals surface area contributed by atoms with Gasteiger partial charge in [0.2, 0.25) is 11.8 Å². The standard InChI is InChI=1S/C27H26N6O4/c1-37-25(35)16-32-15-20(14-30-32)19-4-2-3-18(11-19)12-24(34)31-23-13-22(7-9-29-23)33-10-8-27(17-28,26(33)36)21-5-6-21/h2-4,7,9,11,13-15,21H,5-6,8,10,12,16H2,1H3,(H,29,31,34)/t27-/m1/s1. The third-order valence-electron chi connectivity index (χ3n) is 6.93. The summed E-state index contributed by atoms with van der Waals surface area (Å²) < 4.78 is 6.16. The second-order valence-electron chi connectivity index (χ2n) is 9.39. The molecule has 2 aromatic heterocycles. The van der Waals surface area contributed by atoms with Gasteiger partial charge in [-0.2, -0.15) is 10.4 Å². The van der Waals surface area contributed by atoms with Crippen LogP contribution in [-0.2, 0) is 32.1 Å². The van der Waals surface area contributed by atoms with Gasteiger partial charge >= 0.3 is 5.97 Å². The predicted molar refractivity (Wildman–Crippen MR) is 134 cm³/mol. The SMILES string of the molecule is COC(=O)Cn1cc(-c2cccc(CC(=O)Nc3cc(N4CC[C@@](C#N)(C5CC5)C4=O)ccn3)c2)cn1. The number of benzene rings is 1. The van der Waals surface area contributed by atoms with Crippen molar-refractivity contribution in [2.24, 2.45) is 11.3 Å². The van der Waals surface area contributed by atoms with Gasteiger partial charge in [0.25, 0.3) is 0 Å². The Kier molecular flexibility index (Phi) is 6.44. The summed E-state index contributed by atoms with van der Waals surface area (Å²) in [4.78, 5) is 43.2. The monoisotopic (exact) mass is 498 g/mol. The fraction of sp³-hybridized carbons (Fsp3) is 0.333. The average molecular weight is 499 g/mol. The van der Waals surface area contributed by atoms with E-state index in [1.165, 1.54) is 11.8 Å². The number of esters is 1. The first-order chi connectivity index (χ1) is 17.9. The van der Waals surface area contributed by atoms with Crippen molar-refractivity contribution in [2.45, 2.75) is 32.2 Å². The number of hydrogen-bond acceptors (Lipinski definition) is 7. The van der Waals surface area contributed by atoms with Crippen LogP contribution >= 0.6 is 0 Å². The van der Waals surface area contributed by atoms with Crippen LogP contribution in [0.3, 0.4) is 0 Å². The highest BCUT2D eigenvalue weighted by Gasteiger charge is 2.56. The van der Waals surface area contributed by atoms with Crippen molar-refractivity contribution in [2.75, 3.05) is 23.9 Å². The number of anilines is 2. The number of hydrogen-bond donors (Lipinski definition) is 1. The van der Waals surface area contributed by atoms with Crippen molar-refractivity contribution in [3.05, 3.63) is 60.6 Å². The van der Waals surface area contributed by atoms with E-state index in [0.717, 1.165) is 29.5 Å². The molecule has 1 atom stereocenters. The van der Waals surface area contributed by atoms with Gasteiger partial charge in [0.1, 0.15) is 17.8 Å². The highest BCUT2D eigenvalue weighted by molar-refractivity contribution is 6.02. The fourth-order valence-electron chi connectivity index (χ4n) is 4.82. The Hall–Kier alpha value is -4.52. The number of nitriles is 1. The molecule has 1 aliphatic heterocycles. The summed E-state index contributed by atoms with van der Waals surface area (Å²) in [5, 5.41) is 16.7. The van der Waals surface area contributed by atoms with Crippen molar-refractivity contribution < 1.29 is 19.1 Å². The van der Waals surface area contributed by atoms with Crippen molar-refractivity contribution in [3.8, 4) is 17.2 Å². The fourth-order valence-corrected chi connectivity index (χ4v) is 4.82. The van der Waals surface area contributed by atoms with Crippen LogP contribution in [0.2, 0.25) is 0 Å². The number of ether oxygens (including phenoxy) is 1. The molecule has 3 aromatic rings. The van der Waals surface area contributed by atoms with Crippen molar-refractivity contribution in [3.63, 3.8) is 0 Å². The molecule has 1 aromatic carbocycles. The maximum absolute atomic E-state index is 13.1. The summed E-state index contributed by atoms with van der Waals surface area (Å²) in [6, 6.07) is 13.2. The molecule has 0 spiro atoms. The number of pyridine rings is 1. The molecular weight excluding hydrogens is 472 g/mol. The number of rotatable bonds is 8. The molecule has 5 rings (SSSR count). The molecule has 1 N–H and O–H groups in total. The first-order valence-corrected chi connectivity index (χ1v) is 12.1. The third-order valence-corrected chi connectivity index (χ3v) is 6.93. The molecule has 10 heteroatoms. The Bertz CT molecular complexity index is 1410. The summed E-state index contributed by atoms with van der Waals surface area (Å²) in [5.41, 5.74) is 2.18. The molecule has 0 unspecified atom stereocenters. The maximum atomic E-state index is 13.1. The van der Waals surface area contributed by atoms with Gasteiger partial charge in [-0.1, -0.05) is 24.3 Å². The minimum atomic E-state index is -0.923. The molecule has 2 fully saturated rings. The smallest absolute Gasteiger partial charge is 0.327 e. The Labute approximate surface area is 213 Å². The van der Waals surface area contributed by atoms with Crippen molar-refractivity contribution >= 4 is 29.3 Å². The second kappa shape index (κ2) is 9.85.